The lowest BCUT2D eigenvalue weighted by atomic mass is 10.1. The van der Waals surface area contributed by atoms with Crippen LogP contribution in [-0.4, -0.2) is 19.1 Å². The van der Waals surface area contributed by atoms with Crippen LogP contribution in [0.4, 0.5) is 10.5 Å². The number of carbonyl (C=O) groups excluding carboxylic acids is 2. The van der Waals surface area contributed by atoms with E-state index in [0.29, 0.717) is 17.0 Å². The maximum Gasteiger partial charge on any atom is 0.422 e. The number of hydrogen-bond donors (Lipinski definition) is 0. The van der Waals surface area contributed by atoms with Crippen LogP contribution in [0.2, 0.25) is 0 Å². The molecule has 0 aromatic heterocycles. The third-order valence-electron chi connectivity index (χ3n) is 3.28. The standard InChI is InChI=1S/C16H13NO4/c1-20-13-9-7-11(8-10-13)14-15(18)17(16(19)21-14)12-5-3-2-4-6-12/h2-10,14H,1H3. The summed E-state index contributed by atoms with van der Waals surface area (Å²) in [6.45, 7) is 0. The summed E-state index contributed by atoms with van der Waals surface area (Å²) in [6.07, 6.45) is -1.57. The number of para-hydroxylation sites is 1. The molecule has 2 aromatic carbocycles. The first-order valence-corrected chi connectivity index (χ1v) is 6.44. The molecular formula is C16H13NO4. The fourth-order valence-corrected chi connectivity index (χ4v) is 2.21. The maximum absolute atomic E-state index is 12.4. The molecule has 1 aliphatic heterocycles. The summed E-state index contributed by atoms with van der Waals surface area (Å²) in [5, 5.41) is 0. The maximum atomic E-state index is 12.4. The Morgan fingerprint density at radius 2 is 1.67 bits per heavy atom. The predicted molar refractivity (Wildman–Crippen MR) is 76.1 cm³/mol. The molecule has 1 saturated heterocycles. The van der Waals surface area contributed by atoms with Gasteiger partial charge in [-0.05, 0) is 24.3 Å². The van der Waals surface area contributed by atoms with Crippen molar-refractivity contribution in [1.82, 2.24) is 0 Å². The fourth-order valence-electron chi connectivity index (χ4n) is 2.21. The van der Waals surface area contributed by atoms with Crippen molar-refractivity contribution < 1.29 is 19.1 Å². The van der Waals surface area contributed by atoms with Crippen LogP contribution >= 0.6 is 0 Å². The van der Waals surface area contributed by atoms with Crippen molar-refractivity contribution in [2.45, 2.75) is 6.10 Å². The summed E-state index contributed by atoms with van der Waals surface area (Å²) in [4.78, 5) is 25.4. The molecule has 0 aliphatic carbocycles. The number of carbonyl (C=O) groups is 2. The van der Waals surface area contributed by atoms with Crippen molar-refractivity contribution in [2.75, 3.05) is 12.0 Å². The number of rotatable bonds is 3. The second-order valence-corrected chi connectivity index (χ2v) is 4.55. The Morgan fingerprint density at radius 1 is 1.00 bits per heavy atom. The molecular weight excluding hydrogens is 270 g/mol. The SMILES string of the molecule is COc1ccc(C2OC(=O)N(c3ccccc3)C2=O)cc1. The average molecular weight is 283 g/mol. The number of ether oxygens (including phenoxy) is 2. The first-order valence-electron chi connectivity index (χ1n) is 6.44. The highest BCUT2D eigenvalue weighted by Gasteiger charge is 2.42. The number of hydrogen-bond acceptors (Lipinski definition) is 4. The minimum Gasteiger partial charge on any atom is -0.497 e. The fraction of sp³-hybridized carbons (Fsp3) is 0.125. The third-order valence-corrected chi connectivity index (χ3v) is 3.28. The molecule has 0 saturated carbocycles. The van der Waals surface area contributed by atoms with Gasteiger partial charge in [0.05, 0.1) is 12.8 Å². The molecule has 5 heteroatoms. The molecule has 1 heterocycles. The van der Waals surface area contributed by atoms with Gasteiger partial charge in [-0.2, -0.15) is 0 Å². The zero-order valence-corrected chi connectivity index (χ0v) is 11.4. The van der Waals surface area contributed by atoms with Gasteiger partial charge < -0.3 is 9.47 Å². The van der Waals surface area contributed by atoms with E-state index in [1.807, 2.05) is 6.07 Å². The number of anilines is 1. The molecule has 1 unspecified atom stereocenters. The molecule has 2 amide bonds. The van der Waals surface area contributed by atoms with E-state index in [9.17, 15) is 9.59 Å². The molecule has 5 nitrogen and oxygen atoms in total. The first kappa shape index (κ1) is 13.2. The average Bonchev–Trinajstić information content (AvgIpc) is 2.83. The molecule has 0 radical (unpaired) electrons. The smallest absolute Gasteiger partial charge is 0.422 e. The number of nitrogens with zero attached hydrogens (tertiary/aromatic N) is 1. The molecule has 0 spiro atoms. The number of cyclic esters (lactones) is 1. The Morgan fingerprint density at radius 3 is 2.29 bits per heavy atom. The van der Waals surface area contributed by atoms with E-state index in [0.717, 1.165) is 4.90 Å². The molecule has 3 rings (SSSR count). The molecule has 2 aromatic rings. The number of benzene rings is 2. The van der Waals surface area contributed by atoms with E-state index in [1.54, 1.807) is 55.6 Å². The molecule has 0 N–H and O–H groups in total. The number of imide groups is 1. The van der Waals surface area contributed by atoms with E-state index < -0.39 is 18.1 Å². The zero-order chi connectivity index (χ0) is 14.8. The van der Waals surface area contributed by atoms with Crippen molar-refractivity contribution in [2.24, 2.45) is 0 Å². The van der Waals surface area contributed by atoms with Crippen LogP contribution in [-0.2, 0) is 9.53 Å². The summed E-state index contributed by atoms with van der Waals surface area (Å²) in [7, 11) is 1.56. The lowest BCUT2D eigenvalue weighted by Gasteiger charge is -2.11. The quantitative estimate of drug-likeness (QED) is 0.869. The van der Waals surface area contributed by atoms with Crippen LogP contribution < -0.4 is 9.64 Å². The summed E-state index contributed by atoms with van der Waals surface area (Å²) in [5.41, 5.74) is 1.12. The molecule has 1 aliphatic rings. The Kier molecular flexibility index (Phi) is 3.31. The van der Waals surface area contributed by atoms with Crippen molar-refractivity contribution in [3.05, 3.63) is 60.2 Å². The second kappa shape index (κ2) is 5.28. The van der Waals surface area contributed by atoms with Crippen LogP contribution in [0.25, 0.3) is 0 Å². The van der Waals surface area contributed by atoms with Gasteiger partial charge >= 0.3 is 6.09 Å². The van der Waals surface area contributed by atoms with Gasteiger partial charge in [0.2, 0.25) is 6.10 Å². The Hall–Kier alpha value is -2.82. The monoisotopic (exact) mass is 283 g/mol. The number of amides is 2. The molecule has 1 fully saturated rings. The Labute approximate surface area is 121 Å². The Bertz CT molecular complexity index is 666. The van der Waals surface area contributed by atoms with Gasteiger partial charge in [0.25, 0.3) is 5.91 Å². The molecule has 0 bridgehead atoms. The van der Waals surface area contributed by atoms with Crippen LogP contribution in [0.3, 0.4) is 0 Å². The molecule has 21 heavy (non-hydrogen) atoms. The van der Waals surface area contributed by atoms with Gasteiger partial charge in [-0.15, -0.1) is 0 Å². The highest BCUT2D eigenvalue weighted by molar-refractivity contribution is 6.18. The zero-order valence-electron chi connectivity index (χ0n) is 11.4. The van der Waals surface area contributed by atoms with Crippen molar-refractivity contribution >= 4 is 17.7 Å². The van der Waals surface area contributed by atoms with Crippen LogP contribution in [0.5, 0.6) is 5.75 Å². The minimum absolute atomic E-state index is 0.392. The molecule has 106 valence electrons. The summed E-state index contributed by atoms with van der Waals surface area (Å²) in [6, 6.07) is 15.6. The van der Waals surface area contributed by atoms with E-state index in [-0.39, 0.29) is 0 Å². The van der Waals surface area contributed by atoms with Gasteiger partial charge in [0.15, 0.2) is 0 Å². The third kappa shape index (κ3) is 2.33. The van der Waals surface area contributed by atoms with Crippen molar-refractivity contribution in [1.29, 1.82) is 0 Å². The van der Waals surface area contributed by atoms with Gasteiger partial charge in [0.1, 0.15) is 5.75 Å². The van der Waals surface area contributed by atoms with Crippen LogP contribution in [0.1, 0.15) is 11.7 Å². The van der Waals surface area contributed by atoms with Crippen LogP contribution in [0, 0.1) is 0 Å². The topological polar surface area (TPSA) is 55.8 Å². The lowest BCUT2D eigenvalue weighted by Crippen LogP contribution is -2.29. The van der Waals surface area contributed by atoms with Crippen LogP contribution in [0.15, 0.2) is 54.6 Å². The Balaban J connectivity index is 1.89. The highest BCUT2D eigenvalue weighted by Crippen LogP contribution is 2.32. The summed E-state index contributed by atoms with van der Waals surface area (Å²) in [5.74, 6) is 0.284. The van der Waals surface area contributed by atoms with Gasteiger partial charge in [-0.25, -0.2) is 9.69 Å². The van der Waals surface area contributed by atoms with Gasteiger partial charge in [-0.3, -0.25) is 4.79 Å². The van der Waals surface area contributed by atoms with Crippen molar-refractivity contribution in [3.63, 3.8) is 0 Å². The molecule has 1 atom stereocenters. The van der Waals surface area contributed by atoms with E-state index in [1.165, 1.54) is 0 Å². The lowest BCUT2D eigenvalue weighted by molar-refractivity contribution is -0.122. The highest BCUT2D eigenvalue weighted by atomic mass is 16.6. The second-order valence-electron chi connectivity index (χ2n) is 4.55. The van der Waals surface area contributed by atoms with E-state index in [2.05, 4.69) is 0 Å². The summed E-state index contributed by atoms with van der Waals surface area (Å²) >= 11 is 0. The predicted octanol–water partition coefficient (Wildman–Crippen LogP) is 2.92. The largest absolute Gasteiger partial charge is 0.497 e. The first-order chi connectivity index (χ1) is 10.2. The summed E-state index contributed by atoms with van der Waals surface area (Å²) < 4.78 is 10.3. The van der Waals surface area contributed by atoms with E-state index in [4.69, 9.17) is 9.47 Å². The van der Waals surface area contributed by atoms with Gasteiger partial charge in [0, 0.05) is 5.56 Å². The minimum atomic E-state index is -0.913. The number of methoxy groups -OCH3 is 1. The van der Waals surface area contributed by atoms with Gasteiger partial charge in [-0.1, -0.05) is 30.3 Å². The normalized spacial score (nSPS) is 17.8. The van der Waals surface area contributed by atoms with Crippen molar-refractivity contribution in [3.8, 4) is 5.75 Å². The van der Waals surface area contributed by atoms with E-state index >= 15 is 0 Å².